The number of aromatic nitrogens is 2. The molecule has 3 heterocycles. The maximum absolute atomic E-state index is 13.9. The molecule has 39 heavy (non-hydrogen) atoms. The van der Waals surface area contributed by atoms with Crippen molar-refractivity contribution in [3.8, 4) is 0 Å². The Morgan fingerprint density at radius 3 is 2.56 bits per heavy atom. The van der Waals surface area contributed by atoms with Gasteiger partial charge in [-0.3, -0.25) is 9.59 Å². The average Bonchev–Trinajstić information content (AvgIpc) is 3.28. The summed E-state index contributed by atoms with van der Waals surface area (Å²) in [7, 11) is 0. The van der Waals surface area contributed by atoms with E-state index >= 15 is 0 Å². The lowest BCUT2D eigenvalue weighted by Gasteiger charge is -2.39. The van der Waals surface area contributed by atoms with Gasteiger partial charge in [0.25, 0.3) is 11.5 Å². The van der Waals surface area contributed by atoms with Gasteiger partial charge in [0.2, 0.25) is 0 Å². The number of hydrogen-bond donors (Lipinski definition) is 1. The number of likely N-dealkylation sites (tertiary alicyclic amines) is 1. The number of carbonyl (C=O) groups excluding carboxylic acids is 2. The van der Waals surface area contributed by atoms with Gasteiger partial charge in [-0.25, -0.2) is 4.79 Å². The van der Waals surface area contributed by atoms with Crippen LogP contribution in [-0.4, -0.2) is 51.9 Å². The molecule has 1 aliphatic heterocycles. The molecule has 0 saturated carbocycles. The van der Waals surface area contributed by atoms with Gasteiger partial charge in [0.1, 0.15) is 22.3 Å². The number of ether oxygens (including phenoxy) is 1. The third-order valence-electron chi connectivity index (χ3n) is 6.90. The standard InChI is InChI=1S/C29H31ClN4O5/c1-17-23-25(32-39-17)24-21(30)11-8-12-22(24)34(27(23)36)20-13-18(14-31-26(35)19-9-6-5-7-10-19)15-33(16-20)28(37)38-29(2,3)4/h5-12,18,20H,13-16H2,1-4H3,(H,31,35). The van der Waals surface area contributed by atoms with Crippen LogP contribution in [0.2, 0.25) is 5.02 Å². The summed E-state index contributed by atoms with van der Waals surface area (Å²) in [5.74, 6) is 0.0684. The lowest BCUT2D eigenvalue weighted by Crippen LogP contribution is -2.50. The Balaban J connectivity index is 1.54. The summed E-state index contributed by atoms with van der Waals surface area (Å²) in [6, 6.07) is 13.9. The number of rotatable bonds is 4. The van der Waals surface area contributed by atoms with Crippen LogP contribution >= 0.6 is 11.6 Å². The van der Waals surface area contributed by atoms with Crippen molar-refractivity contribution >= 4 is 45.4 Å². The topological polar surface area (TPSA) is 107 Å². The van der Waals surface area contributed by atoms with Crippen LogP contribution in [0.25, 0.3) is 21.8 Å². The number of nitrogens with zero attached hydrogens (tertiary/aromatic N) is 3. The first-order chi connectivity index (χ1) is 18.5. The first-order valence-corrected chi connectivity index (χ1v) is 13.3. The number of piperidine rings is 1. The van der Waals surface area contributed by atoms with E-state index in [1.807, 2.05) is 32.9 Å². The smallest absolute Gasteiger partial charge is 0.410 e. The van der Waals surface area contributed by atoms with Crippen molar-refractivity contribution in [2.45, 2.75) is 45.8 Å². The van der Waals surface area contributed by atoms with E-state index in [1.54, 1.807) is 52.8 Å². The van der Waals surface area contributed by atoms with Crippen LogP contribution in [0.4, 0.5) is 4.79 Å². The van der Waals surface area contributed by atoms with Crippen molar-refractivity contribution in [3.63, 3.8) is 0 Å². The van der Waals surface area contributed by atoms with Gasteiger partial charge in [-0.05, 0) is 64.3 Å². The van der Waals surface area contributed by atoms with E-state index in [4.69, 9.17) is 20.9 Å². The third-order valence-corrected chi connectivity index (χ3v) is 7.22. The van der Waals surface area contributed by atoms with Gasteiger partial charge in [0, 0.05) is 30.6 Å². The second kappa shape index (κ2) is 10.4. The largest absolute Gasteiger partial charge is 0.444 e. The number of fused-ring (bicyclic) bond motifs is 3. The van der Waals surface area contributed by atoms with Gasteiger partial charge >= 0.3 is 6.09 Å². The number of halogens is 1. The zero-order chi connectivity index (χ0) is 27.9. The highest BCUT2D eigenvalue weighted by molar-refractivity contribution is 6.37. The van der Waals surface area contributed by atoms with Crippen molar-refractivity contribution in [3.05, 3.63) is 75.2 Å². The molecule has 1 N–H and O–H groups in total. The fourth-order valence-electron chi connectivity index (χ4n) is 5.25. The molecule has 2 aromatic heterocycles. The minimum absolute atomic E-state index is 0.135. The van der Waals surface area contributed by atoms with Crippen molar-refractivity contribution in [2.75, 3.05) is 19.6 Å². The molecule has 204 valence electrons. The van der Waals surface area contributed by atoms with Gasteiger partial charge < -0.3 is 24.0 Å². The summed E-state index contributed by atoms with van der Waals surface area (Å²) in [6.07, 6.45) is 0.0790. The Morgan fingerprint density at radius 1 is 1.10 bits per heavy atom. The highest BCUT2D eigenvalue weighted by atomic mass is 35.5. The monoisotopic (exact) mass is 550 g/mol. The first-order valence-electron chi connectivity index (χ1n) is 12.9. The normalized spacial score (nSPS) is 17.9. The Labute approximate surface area is 230 Å². The number of hydrogen-bond acceptors (Lipinski definition) is 6. The Bertz CT molecular complexity index is 1610. The summed E-state index contributed by atoms with van der Waals surface area (Å²) in [5, 5.41) is 8.55. The van der Waals surface area contributed by atoms with E-state index in [9.17, 15) is 14.4 Å². The Kier molecular flexibility index (Phi) is 7.11. The van der Waals surface area contributed by atoms with E-state index in [0.29, 0.717) is 57.7 Å². The third kappa shape index (κ3) is 5.36. The number of amides is 2. The molecule has 1 aliphatic rings. The molecule has 0 aliphatic carbocycles. The summed E-state index contributed by atoms with van der Waals surface area (Å²) in [6.45, 7) is 8.09. The van der Waals surface area contributed by atoms with Crippen LogP contribution < -0.4 is 10.9 Å². The van der Waals surface area contributed by atoms with E-state index in [-0.39, 0.29) is 23.9 Å². The predicted molar refractivity (Wildman–Crippen MR) is 149 cm³/mol. The molecule has 5 rings (SSSR count). The van der Waals surface area contributed by atoms with Gasteiger partial charge in [-0.2, -0.15) is 0 Å². The summed E-state index contributed by atoms with van der Waals surface area (Å²) >= 11 is 6.60. The van der Waals surface area contributed by atoms with Crippen LogP contribution in [0.3, 0.4) is 0 Å². The molecule has 4 aromatic rings. The molecule has 1 fully saturated rings. The van der Waals surface area contributed by atoms with E-state index < -0.39 is 17.7 Å². The molecule has 2 aromatic carbocycles. The molecule has 9 nitrogen and oxygen atoms in total. The molecule has 0 radical (unpaired) electrons. The number of benzene rings is 2. The molecule has 2 amide bonds. The highest BCUT2D eigenvalue weighted by Crippen LogP contribution is 2.34. The average molecular weight is 551 g/mol. The minimum Gasteiger partial charge on any atom is -0.444 e. The van der Waals surface area contributed by atoms with Crippen molar-refractivity contribution < 1.29 is 18.8 Å². The highest BCUT2D eigenvalue weighted by Gasteiger charge is 2.35. The molecule has 2 atom stereocenters. The first kappa shape index (κ1) is 26.7. The molecular weight excluding hydrogens is 520 g/mol. The summed E-state index contributed by atoms with van der Waals surface area (Å²) in [4.78, 5) is 41.5. The predicted octanol–water partition coefficient (Wildman–Crippen LogP) is 5.33. The molecule has 2 unspecified atom stereocenters. The SMILES string of the molecule is Cc1onc2c1c(=O)n(C1CC(CNC(=O)c3ccccc3)CN(C(=O)OC(C)(C)C)C1)c1cccc(Cl)c21. The van der Waals surface area contributed by atoms with E-state index in [1.165, 1.54) is 0 Å². The van der Waals surface area contributed by atoms with Crippen molar-refractivity contribution in [1.82, 2.24) is 19.9 Å². The Hall–Kier alpha value is -3.85. The molecule has 10 heteroatoms. The van der Waals surface area contributed by atoms with Crippen LogP contribution in [0.5, 0.6) is 0 Å². The lowest BCUT2D eigenvalue weighted by molar-refractivity contribution is 0.0108. The zero-order valence-corrected chi connectivity index (χ0v) is 23.1. The molecule has 0 spiro atoms. The number of carbonyl (C=O) groups is 2. The number of aryl methyl sites for hydroxylation is 1. The van der Waals surface area contributed by atoms with Crippen LogP contribution in [0.15, 0.2) is 57.8 Å². The van der Waals surface area contributed by atoms with Gasteiger partial charge in [0.15, 0.2) is 0 Å². The van der Waals surface area contributed by atoms with Crippen LogP contribution in [0.1, 0.15) is 49.4 Å². The van der Waals surface area contributed by atoms with E-state index in [2.05, 4.69) is 10.5 Å². The fourth-order valence-corrected chi connectivity index (χ4v) is 5.51. The zero-order valence-electron chi connectivity index (χ0n) is 22.4. The second-order valence-corrected chi connectivity index (χ2v) is 11.4. The molecular formula is C29H31ClN4O5. The van der Waals surface area contributed by atoms with Gasteiger partial charge in [-0.1, -0.05) is 41.0 Å². The summed E-state index contributed by atoms with van der Waals surface area (Å²) < 4.78 is 12.8. The van der Waals surface area contributed by atoms with Crippen LogP contribution in [0, 0.1) is 12.8 Å². The maximum Gasteiger partial charge on any atom is 0.410 e. The maximum atomic E-state index is 13.9. The second-order valence-electron chi connectivity index (χ2n) is 11.0. The quantitative estimate of drug-likeness (QED) is 0.368. The van der Waals surface area contributed by atoms with Crippen molar-refractivity contribution in [2.24, 2.45) is 5.92 Å². The summed E-state index contributed by atoms with van der Waals surface area (Å²) in [5.41, 5.74) is 0.634. The number of pyridine rings is 1. The fraction of sp³-hybridized carbons (Fsp3) is 0.379. The molecule has 0 bridgehead atoms. The lowest BCUT2D eigenvalue weighted by atomic mass is 9.93. The van der Waals surface area contributed by atoms with Gasteiger partial charge in [-0.15, -0.1) is 0 Å². The van der Waals surface area contributed by atoms with E-state index in [0.717, 1.165) is 0 Å². The van der Waals surface area contributed by atoms with Crippen LogP contribution in [-0.2, 0) is 4.74 Å². The Morgan fingerprint density at radius 2 is 1.85 bits per heavy atom. The minimum atomic E-state index is -0.684. The molecule has 1 saturated heterocycles. The van der Waals surface area contributed by atoms with Crippen molar-refractivity contribution in [1.29, 1.82) is 0 Å². The van der Waals surface area contributed by atoms with Gasteiger partial charge in [0.05, 0.1) is 16.6 Å². The number of nitrogens with one attached hydrogen (secondary N) is 1.